The van der Waals surface area contributed by atoms with Crippen LogP contribution in [0.3, 0.4) is 0 Å². The third kappa shape index (κ3) is 7.15. The molecular formula is C26H42N2O3Si. The van der Waals surface area contributed by atoms with Crippen LogP contribution >= 0.6 is 0 Å². The fourth-order valence-electron chi connectivity index (χ4n) is 3.50. The van der Waals surface area contributed by atoms with E-state index in [9.17, 15) is 10.2 Å². The molecule has 2 aromatic rings. The summed E-state index contributed by atoms with van der Waals surface area (Å²) in [5, 5.41) is 23.4. The van der Waals surface area contributed by atoms with Crippen molar-refractivity contribution in [3.8, 4) is 5.75 Å². The number of aliphatic hydroxyl groups is 1. The number of benzene rings is 2. The van der Waals surface area contributed by atoms with Gasteiger partial charge in [0.1, 0.15) is 5.75 Å². The van der Waals surface area contributed by atoms with Gasteiger partial charge in [-0.1, -0.05) is 51.1 Å². The molecule has 5 nitrogen and oxygen atoms in total. The summed E-state index contributed by atoms with van der Waals surface area (Å²) in [4.78, 5) is 0. The summed E-state index contributed by atoms with van der Waals surface area (Å²) in [6.45, 7) is 16.5. The number of nitrogens with one attached hydrogen (secondary N) is 1. The third-order valence-electron chi connectivity index (χ3n) is 6.53. The highest BCUT2D eigenvalue weighted by Crippen LogP contribution is 2.40. The van der Waals surface area contributed by atoms with Gasteiger partial charge in [-0.05, 0) is 67.2 Å². The number of phenols is 1. The third-order valence-corrected chi connectivity index (χ3v) is 11.0. The van der Waals surface area contributed by atoms with Crippen molar-refractivity contribution in [1.29, 1.82) is 0 Å². The first-order valence-electron chi connectivity index (χ1n) is 11.4. The quantitative estimate of drug-likeness (QED) is 0.376. The second-order valence-corrected chi connectivity index (χ2v) is 15.6. The smallest absolute Gasteiger partial charge is 0.192 e. The van der Waals surface area contributed by atoms with E-state index in [2.05, 4.69) is 77.3 Å². The lowest BCUT2D eigenvalue weighted by molar-refractivity contribution is 0.166. The summed E-state index contributed by atoms with van der Waals surface area (Å²) in [5.41, 5.74) is 9.52. The van der Waals surface area contributed by atoms with Crippen molar-refractivity contribution in [2.45, 2.75) is 84.0 Å². The van der Waals surface area contributed by atoms with E-state index >= 15 is 0 Å². The van der Waals surface area contributed by atoms with Gasteiger partial charge in [-0.2, -0.15) is 0 Å². The second kappa shape index (κ2) is 10.5. The predicted octanol–water partition coefficient (Wildman–Crippen LogP) is 5.02. The largest absolute Gasteiger partial charge is 0.508 e. The molecule has 0 aliphatic carbocycles. The van der Waals surface area contributed by atoms with Gasteiger partial charge in [0, 0.05) is 24.2 Å². The van der Waals surface area contributed by atoms with Crippen LogP contribution in [0.1, 0.15) is 63.0 Å². The topological polar surface area (TPSA) is 87.7 Å². The van der Waals surface area contributed by atoms with Gasteiger partial charge in [0.15, 0.2) is 8.32 Å². The van der Waals surface area contributed by atoms with Crippen LogP contribution < -0.4 is 11.1 Å². The predicted molar refractivity (Wildman–Crippen MR) is 135 cm³/mol. The summed E-state index contributed by atoms with van der Waals surface area (Å²) in [6, 6.07) is 13.8. The van der Waals surface area contributed by atoms with Crippen LogP contribution in [0.5, 0.6) is 5.75 Å². The maximum Gasteiger partial charge on any atom is 0.192 e. The Labute approximate surface area is 195 Å². The number of hydrogen-bond acceptors (Lipinski definition) is 5. The van der Waals surface area contributed by atoms with Crippen molar-refractivity contribution < 1.29 is 14.6 Å². The first kappa shape index (κ1) is 26.5. The Balaban J connectivity index is 2.25. The van der Waals surface area contributed by atoms with Crippen LogP contribution in [0, 0.1) is 0 Å². The van der Waals surface area contributed by atoms with Crippen LogP contribution in [-0.4, -0.2) is 30.6 Å². The lowest BCUT2D eigenvalue weighted by Gasteiger charge is -2.40. The molecular weight excluding hydrogens is 416 g/mol. The first-order valence-corrected chi connectivity index (χ1v) is 14.3. The van der Waals surface area contributed by atoms with E-state index in [1.807, 2.05) is 12.1 Å². The highest BCUT2D eigenvalue weighted by Gasteiger charge is 2.39. The van der Waals surface area contributed by atoms with Crippen LogP contribution in [-0.2, 0) is 24.0 Å². The van der Waals surface area contributed by atoms with Crippen molar-refractivity contribution in [3.05, 3.63) is 64.7 Å². The SMILES string of the molecule is CC(C)(Cc1cccc(CN)c1)NCC(O[Si](C)(C)C(C)(C)C)c1ccc(O)c(CO)c1. The van der Waals surface area contributed by atoms with E-state index in [4.69, 9.17) is 10.2 Å². The molecule has 0 bridgehead atoms. The number of aliphatic hydroxyl groups excluding tert-OH is 1. The zero-order chi connectivity index (χ0) is 24.2. The first-order chi connectivity index (χ1) is 14.8. The summed E-state index contributed by atoms with van der Waals surface area (Å²) in [6.07, 6.45) is 0.682. The molecule has 0 saturated heterocycles. The van der Waals surface area contributed by atoms with Crippen molar-refractivity contribution in [1.82, 2.24) is 5.32 Å². The van der Waals surface area contributed by atoms with E-state index in [1.165, 1.54) is 5.56 Å². The lowest BCUT2D eigenvalue weighted by atomic mass is 9.93. The highest BCUT2D eigenvalue weighted by atomic mass is 28.4. The molecule has 2 aromatic carbocycles. The van der Waals surface area contributed by atoms with Gasteiger partial charge < -0.3 is 25.7 Å². The fourth-order valence-corrected chi connectivity index (χ4v) is 4.78. The van der Waals surface area contributed by atoms with Crippen LogP contribution in [0.2, 0.25) is 18.1 Å². The summed E-state index contributed by atoms with van der Waals surface area (Å²) >= 11 is 0. The molecule has 1 unspecified atom stereocenters. The summed E-state index contributed by atoms with van der Waals surface area (Å²) in [7, 11) is -2.05. The van der Waals surface area contributed by atoms with E-state index in [0.717, 1.165) is 17.5 Å². The van der Waals surface area contributed by atoms with Gasteiger partial charge in [-0.3, -0.25) is 0 Å². The lowest BCUT2D eigenvalue weighted by Crippen LogP contribution is -2.47. The highest BCUT2D eigenvalue weighted by molar-refractivity contribution is 6.74. The van der Waals surface area contributed by atoms with Gasteiger partial charge in [0.25, 0.3) is 0 Å². The monoisotopic (exact) mass is 458 g/mol. The standard InChI is InChI=1S/C26H42N2O3Si/c1-25(2,3)32(6,7)31-24(21-11-12-23(30)22(14-21)18-29)17-28-26(4,5)15-19-9-8-10-20(13-19)16-27/h8-14,24,28-30H,15-18,27H2,1-7H3. The Kier molecular flexibility index (Phi) is 8.70. The molecule has 0 aliphatic heterocycles. The second-order valence-electron chi connectivity index (χ2n) is 10.9. The number of rotatable bonds is 10. The maximum absolute atomic E-state index is 10.0. The molecule has 32 heavy (non-hydrogen) atoms. The molecule has 1 atom stereocenters. The van der Waals surface area contributed by atoms with Gasteiger partial charge in [0.05, 0.1) is 12.7 Å². The van der Waals surface area contributed by atoms with E-state index < -0.39 is 8.32 Å². The Morgan fingerprint density at radius 3 is 2.28 bits per heavy atom. The average Bonchev–Trinajstić information content (AvgIpc) is 2.70. The van der Waals surface area contributed by atoms with E-state index in [1.54, 1.807) is 6.07 Å². The van der Waals surface area contributed by atoms with Crippen LogP contribution in [0.15, 0.2) is 42.5 Å². The average molecular weight is 459 g/mol. The zero-order valence-electron chi connectivity index (χ0n) is 20.8. The van der Waals surface area contributed by atoms with E-state index in [-0.39, 0.29) is 29.0 Å². The number of aromatic hydroxyl groups is 1. The van der Waals surface area contributed by atoms with Crippen molar-refractivity contribution in [3.63, 3.8) is 0 Å². The van der Waals surface area contributed by atoms with Crippen molar-refractivity contribution in [2.75, 3.05) is 6.54 Å². The Hall–Kier alpha value is -1.70. The molecule has 2 rings (SSSR count). The molecule has 178 valence electrons. The minimum absolute atomic E-state index is 0.0696. The molecule has 0 spiro atoms. The number of nitrogens with two attached hydrogens (primary N) is 1. The van der Waals surface area contributed by atoms with Gasteiger partial charge in [-0.15, -0.1) is 0 Å². The fraction of sp³-hybridized carbons (Fsp3) is 0.538. The summed E-state index contributed by atoms with van der Waals surface area (Å²) in [5.74, 6) is 0.107. The molecule has 0 saturated carbocycles. The van der Waals surface area contributed by atoms with Gasteiger partial charge in [0.2, 0.25) is 0 Å². The van der Waals surface area contributed by atoms with Crippen LogP contribution in [0.25, 0.3) is 0 Å². The number of hydrogen-bond donors (Lipinski definition) is 4. The Morgan fingerprint density at radius 1 is 1.03 bits per heavy atom. The van der Waals surface area contributed by atoms with Gasteiger partial charge in [-0.25, -0.2) is 0 Å². The minimum atomic E-state index is -2.05. The summed E-state index contributed by atoms with van der Waals surface area (Å²) < 4.78 is 6.81. The molecule has 6 heteroatoms. The molecule has 0 radical (unpaired) electrons. The molecule has 5 N–H and O–H groups in total. The van der Waals surface area contributed by atoms with Crippen molar-refractivity contribution >= 4 is 8.32 Å². The molecule has 0 heterocycles. The normalized spacial score (nSPS) is 13.9. The minimum Gasteiger partial charge on any atom is -0.508 e. The van der Waals surface area contributed by atoms with Crippen LogP contribution in [0.4, 0.5) is 0 Å². The van der Waals surface area contributed by atoms with E-state index in [0.29, 0.717) is 18.7 Å². The van der Waals surface area contributed by atoms with Gasteiger partial charge >= 0.3 is 0 Å². The molecule has 0 fully saturated rings. The van der Waals surface area contributed by atoms with Crippen molar-refractivity contribution in [2.24, 2.45) is 5.73 Å². The molecule has 0 amide bonds. The maximum atomic E-state index is 10.0. The molecule has 0 aromatic heterocycles. The zero-order valence-corrected chi connectivity index (χ0v) is 21.8. The molecule has 0 aliphatic rings. The Bertz CT molecular complexity index is 891. The Morgan fingerprint density at radius 2 is 1.69 bits per heavy atom.